The van der Waals surface area contributed by atoms with Crippen molar-refractivity contribution in [2.75, 3.05) is 4.72 Å². The van der Waals surface area contributed by atoms with Crippen LogP contribution in [-0.2, 0) is 10.0 Å². The summed E-state index contributed by atoms with van der Waals surface area (Å²) in [6.07, 6.45) is 0. The zero-order chi connectivity index (χ0) is 14.9. The Morgan fingerprint density at radius 2 is 1.35 bits per heavy atom. The van der Waals surface area contributed by atoms with Gasteiger partial charge in [0.2, 0.25) is 0 Å². The predicted molar refractivity (Wildman–Crippen MR) is 83.7 cm³/mol. The van der Waals surface area contributed by atoms with E-state index in [9.17, 15) is 8.42 Å². The van der Waals surface area contributed by atoms with Crippen LogP contribution >= 0.6 is 46.4 Å². The van der Waals surface area contributed by atoms with Crippen molar-refractivity contribution < 1.29 is 8.42 Å². The lowest BCUT2D eigenvalue weighted by Crippen LogP contribution is -2.13. The van der Waals surface area contributed by atoms with Crippen LogP contribution in [0.5, 0.6) is 0 Å². The van der Waals surface area contributed by atoms with Crippen molar-refractivity contribution in [2.24, 2.45) is 0 Å². The van der Waals surface area contributed by atoms with Gasteiger partial charge >= 0.3 is 0 Å². The minimum atomic E-state index is -3.92. The third-order valence-corrected chi connectivity index (χ3v) is 5.00. The molecular weight excluding hydrogens is 364 g/mol. The molecule has 0 radical (unpaired) electrons. The van der Waals surface area contributed by atoms with Gasteiger partial charge in [-0.2, -0.15) is 0 Å². The fourth-order valence-corrected chi connectivity index (χ4v) is 3.69. The smallest absolute Gasteiger partial charge is 0.263 e. The van der Waals surface area contributed by atoms with Crippen molar-refractivity contribution >= 4 is 62.1 Å². The first-order chi connectivity index (χ1) is 9.29. The first kappa shape index (κ1) is 15.7. The normalized spacial score (nSPS) is 11.4. The standard InChI is InChI=1S/C12H7Cl4NO2S/c13-7-1-3-9(15)11(5-7)17-20(18,19)12-6-8(14)2-4-10(12)16/h1-6,17H. The van der Waals surface area contributed by atoms with E-state index in [1.165, 1.54) is 30.3 Å². The zero-order valence-electron chi connectivity index (χ0n) is 9.70. The van der Waals surface area contributed by atoms with Crippen LogP contribution in [-0.4, -0.2) is 8.42 Å². The lowest BCUT2D eigenvalue weighted by molar-refractivity contribution is 0.601. The van der Waals surface area contributed by atoms with Gasteiger partial charge in [-0.1, -0.05) is 46.4 Å². The molecule has 8 heteroatoms. The second-order valence-electron chi connectivity index (χ2n) is 3.80. The van der Waals surface area contributed by atoms with Crippen LogP contribution in [0.3, 0.4) is 0 Å². The van der Waals surface area contributed by atoms with Crippen molar-refractivity contribution in [1.82, 2.24) is 0 Å². The quantitative estimate of drug-likeness (QED) is 0.816. The summed E-state index contributed by atoms with van der Waals surface area (Å²) in [5, 5.41) is 0.882. The van der Waals surface area contributed by atoms with Crippen LogP contribution in [0.1, 0.15) is 0 Å². The van der Waals surface area contributed by atoms with Gasteiger partial charge in [-0.05, 0) is 36.4 Å². The van der Waals surface area contributed by atoms with Gasteiger partial charge in [0.15, 0.2) is 0 Å². The van der Waals surface area contributed by atoms with Gasteiger partial charge in [0, 0.05) is 10.0 Å². The van der Waals surface area contributed by atoms with Gasteiger partial charge < -0.3 is 0 Å². The van der Waals surface area contributed by atoms with E-state index in [0.717, 1.165) is 0 Å². The van der Waals surface area contributed by atoms with Crippen molar-refractivity contribution in [3.8, 4) is 0 Å². The Kier molecular flexibility index (Phi) is 4.72. The lowest BCUT2D eigenvalue weighted by Gasteiger charge is -2.11. The lowest BCUT2D eigenvalue weighted by atomic mass is 10.3. The third kappa shape index (κ3) is 3.51. The molecule has 2 aromatic rings. The SMILES string of the molecule is O=S(=O)(Nc1cc(Cl)ccc1Cl)c1cc(Cl)ccc1Cl. The summed E-state index contributed by atoms with van der Waals surface area (Å²) in [4.78, 5) is -0.136. The largest absolute Gasteiger partial charge is 0.278 e. The Labute approximate surface area is 136 Å². The van der Waals surface area contributed by atoms with Crippen molar-refractivity contribution in [1.29, 1.82) is 0 Å². The van der Waals surface area contributed by atoms with E-state index in [2.05, 4.69) is 4.72 Å². The monoisotopic (exact) mass is 369 g/mol. The highest BCUT2D eigenvalue weighted by atomic mass is 35.5. The van der Waals surface area contributed by atoms with E-state index in [1.807, 2.05) is 0 Å². The van der Waals surface area contributed by atoms with E-state index in [0.29, 0.717) is 5.02 Å². The average Bonchev–Trinajstić information content (AvgIpc) is 2.36. The van der Waals surface area contributed by atoms with E-state index in [-0.39, 0.29) is 25.7 Å². The Balaban J connectivity index is 2.46. The predicted octanol–water partition coefficient (Wildman–Crippen LogP) is 5.10. The minimum Gasteiger partial charge on any atom is -0.278 e. The van der Waals surface area contributed by atoms with Gasteiger partial charge in [-0.25, -0.2) is 8.42 Å². The van der Waals surface area contributed by atoms with E-state index in [4.69, 9.17) is 46.4 Å². The summed E-state index contributed by atoms with van der Waals surface area (Å²) in [5.74, 6) is 0. The van der Waals surface area contributed by atoms with E-state index in [1.54, 1.807) is 6.07 Å². The fourth-order valence-electron chi connectivity index (χ4n) is 1.46. The number of nitrogens with one attached hydrogen (secondary N) is 1. The number of sulfonamides is 1. The van der Waals surface area contributed by atoms with Crippen LogP contribution in [0.25, 0.3) is 0 Å². The molecule has 3 nitrogen and oxygen atoms in total. The summed E-state index contributed by atoms with van der Waals surface area (Å²) < 4.78 is 26.9. The number of rotatable bonds is 3. The molecule has 0 aliphatic carbocycles. The highest BCUT2D eigenvalue weighted by Crippen LogP contribution is 2.30. The first-order valence-corrected chi connectivity index (χ1v) is 8.22. The number of halogens is 4. The molecule has 0 saturated heterocycles. The minimum absolute atomic E-state index is 0.0556. The third-order valence-electron chi connectivity index (χ3n) is 2.36. The van der Waals surface area contributed by atoms with Crippen molar-refractivity contribution in [3.05, 3.63) is 56.5 Å². The Hall–Kier alpha value is -0.650. The second kappa shape index (κ2) is 6.00. The number of hydrogen-bond acceptors (Lipinski definition) is 2. The molecular formula is C12H7Cl4NO2S. The molecule has 1 N–H and O–H groups in total. The molecule has 0 bridgehead atoms. The van der Waals surface area contributed by atoms with Gasteiger partial charge in [0.05, 0.1) is 15.7 Å². The first-order valence-electron chi connectivity index (χ1n) is 5.22. The highest BCUT2D eigenvalue weighted by molar-refractivity contribution is 7.92. The number of anilines is 1. The number of benzene rings is 2. The van der Waals surface area contributed by atoms with Gasteiger partial charge in [-0.15, -0.1) is 0 Å². The summed E-state index contributed by atoms with van der Waals surface area (Å²) in [6.45, 7) is 0. The molecule has 0 aliphatic heterocycles. The molecule has 2 aromatic carbocycles. The zero-order valence-corrected chi connectivity index (χ0v) is 13.5. The fraction of sp³-hybridized carbons (Fsp3) is 0. The summed E-state index contributed by atoms with van der Waals surface area (Å²) in [5.41, 5.74) is 0.162. The Bertz CT molecular complexity index is 762. The molecule has 0 aliphatic rings. The maximum Gasteiger partial charge on any atom is 0.263 e. The van der Waals surface area contributed by atoms with E-state index >= 15 is 0 Å². The molecule has 0 fully saturated rings. The topological polar surface area (TPSA) is 46.2 Å². The van der Waals surface area contributed by atoms with Gasteiger partial charge in [0.1, 0.15) is 4.90 Å². The van der Waals surface area contributed by atoms with Crippen LogP contribution in [0, 0.1) is 0 Å². The summed E-state index contributed by atoms with van der Waals surface area (Å²) >= 11 is 23.4. The molecule has 0 aromatic heterocycles. The van der Waals surface area contributed by atoms with Crippen LogP contribution < -0.4 is 4.72 Å². The highest BCUT2D eigenvalue weighted by Gasteiger charge is 2.19. The van der Waals surface area contributed by atoms with Gasteiger partial charge in [-0.3, -0.25) is 4.72 Å². The van der Waals surface area contributed by atoms with Crippen molar-refractivity contribution in [2.45, 2.75) is 4.90 Å². The molecule has 0 saturated carbocycles. The van der Waals surface area contributed by atoms with Crippen LogP contribution in [0.15, 0.2) is 41.3 Å². The molecule has 0 atom stereocenters. The molecule has 0 amide bonds. The van der Waals surface area contributed by atoms with Crippen LogP contribution in [0.4, 0.5) is 5.69 Å². The molecule has 106 valence electrons. The molecule has 0 unspecified atom stereocenters. The second-order valence-corrected chi connectivity index (χ2v) is 7.14. The molecule has 20 heavy (non-hydrogen) atoms. The Morgan fingerprint density at radius 3 is 2.00 bits per heavy atom. The summed E-state index contributed by atoms with van der Waals surface area (Å²) in [6, 6.07) is 8.59. The van der Waals surface area contributed by atoms with Gasteiger partial charge in [0.25, 0.3) is 10.0 Å². The van der Waals surface area contributed by atoms with E-state index < -0.39 is 10.0 Å². The maximum absolute atomic E-state index is 12.3. The average molecular weight is 371 g/mol. The van der Waals surface area contributed by atoms with Crippen molar-refractivity contribution in [3.63, 3.8) is 0 Å². The van der Waals surface area contributed by atoms with Crippen LogP contribution in [0.2, 0.25) is 20.1 Å². The maximum atomic E-state index is 12.3. The molecule has 2 rings (SSSR count). The molecule has 0 spiro atoms. The number of hydrogen-bond donors (Lipinski definition) is 1. The molecule has 0 heterocycles. The summed E-state index contributed by atoms with van der Waals surface area (Å²) in [7, 11) is -3.92. The Morgan fingerprint density at radius 1 is 0.800 bits per heavy atom.